The molecule has 1 atom stereocenters. The molecule has 2 rings (SSSR count). The minimum absolute atomic E-state index is 0.179. The van der Waals surface area contributed by atoms with Crippen molar-refractivity contribution in [3.8, 4) is 5.75 Å². The van der Waals surface area contributed by atoms with E-state index >= 15 is 0 Å². The molecule has 86 valence electrons. The maximum atomic E-state index is 11.7. The Morgan fingerprint density at radius 3 is 2.69 bits per heavy atom. The van der Waals surface area contributed by atoms with Gasteiger partial charge in [0.25, 0.3) is 0 Å². The fourth-order valence-corrected chi connectivity index (χ4v) is 1.57. The number of Topliss-reactive ketones (excluding diaryl/α,β-unsaturated/α-hetero) is 1. The molecule has 1 aromatic rings. The van der Waals surface area contributed by atoms with Crippen molar-refractivity contribution in [3.05, 3.63) is 29.8 Å². The van der Waals surface area contributed by atoms with Crippen molar-refractivity contribution in [1.82, 2.24) is 0 Å². The maximum Gasteiger partial charge on any atom is 0.162 e. The van der Waals surface area contributed by atoms with Gasteiger partial charge in [0.15, 0.2) is 5.78 Å². The summed E-state index contributed by atoms with van der Waals surface area (Å²) in [6.07, 6.45) is 1.73. The second-order valence-electron chi connectivity index (χ2n) is 3.87. The molecule has 1 aliphatic heterocycles. The molecule has 1 unspecified atom stereocenters. The van der Waals surface area contributed by atoms with Gasteiger partial charge in [-0.05, 0) is 37.6 Å². The van der Waals surface area contributed by atoms with Crippen molar-refractivity contribution < 1.29 is 14.3 Å². The molecule has 1 heterocycles. The third kappa shape index (κ3) is 3.07. The van der Waals surface area contributed by atoms with Gasteiger partial charge in [-0.3, -0.25) is 4.79 Å². The van der Waals surface area contributed by atoms with Crippen LogP contribution in [0.25, 0.3) is 0 Å². The highest BCUT2D eigenvalue weighted by Crippen LogP contribution is 2.18. The highest BCUT2D eigenvalue weighted by Gasteiger charge is 2.23. The molecule has 0 amide bonds. The van der Waals surface area contributed by atoms with Gasteiger partial charge < -0.3 is 9.47 Å². The molecule has 0 N–H and O–H groups in total. The van der Waals surface area contributed by atoms with Crippen molar-refractivity contribution in [2.24, 2.45) is 0 Å². The average Bonchev–Trinajstić information content (AvgIpc) is 3.11. The first kappa shape index (κ1) is 11.1. The SMILES string of the molecule is CCOc1ccc(C(=O)CCC2CO2)cc1. The van der Waals surface area contributed by atoms with Crippen molar-refractivity contribution in [2.45, 2.75) is 25.9 Å². The van der Waals surface area contributed by atoms with Crippen LogP contribution in [0.2, 0.25) is 0 Å². The minimum Gasteiger partial charge on any atom is -0.494 e. The van der Waals surface area contributed by atoms with E-state index in [-0.39, 0.29) is 5.78 Å². The number of carbonyl (C=O) groups excluding carboxylic acids is 1. The van der Waals surface area contributed by atoms with E-state index in [0.717, 1.165) is 24.3 Å². The minimum atomic E-state index is 0.179. The molecule has 0 spiro atoms. The standard InChI is InChI=1S/C13H16O3/c1-2-15-11-5-3-10(4-6-11)13(14)8-7-12-9-16-12/h3-6,12H,2,7-9H2,1H3. The number of carbonyl (C=O) groups is 1. The van der Waals surface area contributed by atoms with E-state index in [1.54, 1.807) is 0 Å². The predicted octanol–water partition coefficient (Wildman–Crippen LogP) is 2.45. The predicted molar refractivity (Wildman–Crippen MR) is 60.9 cm³/mol. The molecular formula is C13H16O3. The summed E-state index contributed by atoms with van der Waals surface area (Å²) in [5.41, 5.74) is 0.754. The Bertz CT molecular complexity index is 352. The normalized spacial score (nSPS) is 18.2. The van der Waals surface area contributed by atoms with Crippen LogP contribution in [-0.4, -0.2) is 25.1 Å². The molecule has 0 bridgehead atoms. The molecule has 3 heteroatoms. The Hall–Kier alpha value is -1.35. The molecule has 0 aromatic heterocycles. The lowest BCUT2D eigenvalue weighted by Crippen LogP contribution is -2.01. The van der Waals surface area contributed by atoms with Crippen LogP contribution in [0.3, 0.4) is 0 Å². The number of ether oxygens (including phenoxy) is 2. The van der Waals surface area contributed by atoms with E-state index in [4.69, 9.17) is 9.47 Å². The van der Waals surface area contributed by atoms with Gasteiger partial charge in [0.05, 0.1) is 19.3 Å². The molecule has 1 aliphatic rings. The molecular weight excluding hydrogens is 204 g/mol. The number of epoxide rings is 1. The van der Waals surface area contributed by atoms with E-state index < -0.39 is 0 Å². The number of hydrogen-bond donors (Lipinski definition) is 0. The van der Waals surface area contributed by atoms with Gasteiger partial charge in [-0.1, -0.05) is 0 Å². The van der Waals surface area contributed by atoms with Crippen LogP contribution in [0.4, 0.5) is 0 Å². The molecule has 1 fully saturated rings. The van der Waals surface area contributed by atoms with Crippen LogP contribution >= 0.6 is 0 Å². The first-order chi connectivity index (χ1) is 7.79. The van der Waals surface area contributed by atoms with Gasteiger partial charge in [0, 0.05) is 12.0 Å². The summed E-state index contributed by atoms with van der Waals surface area (Å²) in [5, 5.41) is 0. The second-order valence-corrected chi connectivity index (χ2v) is 3.87. The van der Waals surface area contributed by atoms with Gasteiger partial charge >= 0.3 is 0 Å². The van der Waals surface area contributed by atoms with Crippen LogP contribution in [0, 0.1) is 0 Å². The number of benzene rings is 1. The van der Waals surface area contributed by atoms with E-state index in [1.165, 1.54) is 0 Å². The fourth-order valence-electron chi connectivity index (χ4n) is 1.57. The van der Waals surface area contributed by atoms with Crippen molar-refractivity contribution in [2.75, 3.05) is 13.2 Å². The molecule has 0 aliphatic carbocycles. The summed E-state index contributed by atoms with van der Waals surface area (Å²) in [5.74, 6) is 0.989. The van der Waals surface area contributed by atoms with Crippen molar-refractivity contribution in [3.63, 3.8) is 0 Å². The highest BCUT2D eigenvalue weighted by molar-refractivity contribution is 5.96. The number of rotatable bonds is 6. The summed E-state index contributed by atoms with van der Waals surface area (Å²) in [7, 11) is 0. The monoisotopic (exact) mass is 220 g/mol. The molecule has 0 saturated carbocycles. The molecule has 1 saturated heterocycles. The van der Waals surface area contributed by atoms with E-state index in [1.807, 2.05) is 31.2 Å². The Balaban J connectivity index is 1.88. The second kappa shape index (κ2) is 5.12. The summed E-state index contributed by atoms with van der Waals surface area (Å²) in [6.45, 7) is 3.40. The molecule has 1 aromatic carbocycles. The average molecular weight is 220 g/mol. The zero-order valence-corrected chi connectivity index (χ0v) is 9.44. The summed E-state index contributed by atoms with van der Waals surface area (Å²) < 4.78 is 10.4. The lowest BCUT2D eigenvalue weighted by Gasteiger charge is -2.04. The van der Waals surface area contributed by atoms with Gasteiger partial charge in [-0.2, -0.15) is 0 Å². The summed E-state index contributed by atoms with van der Waals surface area (Å²) >= 11 is 0. The topological polar surface area (TPSA) is 38.8 Å². The zero-order valence-electron chi connectivity index (χ0n) is 9.44. The van der Waals surface area contributed by atoms with Gasteiger partial charge in [0.2, 0.25) is 0 Å². The zero-order chi connectivity index (χ0) is 11.4. The molecule has 16 heavy (non-hydrogen) atoms. The van der Waals surface area contributed by atoms with E-state index in [2.05, 4.69) is 0 Å². The van der Waals surface area contributed by atoms with Crippen LogP contribution in [0.1, 0.15) is 30.1 Å². The van der Waals surface area contributed by atoms with Crippen LogP contribution in [0.15, 0.2) is 24.3 Å². The smallest absolute Gasteiger partial charge is 0.162 e. The van der Waals surface area contributed by atoms with Gasteiger partial charge in [0.1, 0.15) is 5.75 Å². The van der Waals surface area contributed by atoms with E-state index in [9.17, 15) is 4.79 Å². The highest BCUT2D eigenvalue weighted by atomic mass is 16.6. The van der Waals surface area contributed by atoms with Crippen LogP contribution in [0.5, 0.6) is 5.75 Å². The Morgan fingerprint density at radius 2 is 2.12 bits per heavy atom. The lowest BCUT2D eigenvalue weighted by molar-refractivity contribution is 0.0976. The lowest BCUT2D eigenvalue weighted by atomic mass is 10.1. The number of hydrogen-bond acceptors (Lipinski definition) is 3. The first-order valence-corrected chi connectivity index (χ1v) is 5.67. The van der Waals surface area contributed by atoms with Crippen LogP contribution < -0.4 is 4.74 Å². The van der Waals surface area contributed by atoms with Gasteiger partial charge in [-0.15, -0.1) is 0 Å². The number of ketones is 1. The van der Waals surface area contributed by atoms with Crippen LogP contribution in [-0.2, 0) is 4.74 Å². The van der Waals surface area contributed by atoms with Crippen molar-refractivity contribution >= 4 is 5.78 Å². The Kier molecular flexibility index (Phi) is 3.57. The maximum absolute atomic E-state index is 11.7. The molecule has 3 nitrogen and oxygen atoms in total. The fraction of sp³-hybridized carbons (Fsp3) is 0.462. The third-order valence-corrected chi connectivity index (χ3v) is 2.58. The van der Waals surface area contributed by atoms with Crippen molar-refractivity contribution in [1.29, 1.82) is 0 Å². The Morgan fingerprint density at radius 1 is 1.44 bits per heavy atom. The van der Waals surface area contributed by atoms with Gasteiger partial charge in [-0.25, -0.2) is 0 Å². The summed E-state index contributed by atoms with van der Waals surface area (Å²) in [6, 6.07) is 7.32. The summed E-state index contributed by atoms with van der Waals surface area (Å²) in [4.78, 5) is 11.7. The first-order valence-electron chi connectivity index (χ1n) is 5.67. The van der Waals surface area contributed by atoms with E-state index in [0.29, 0.717) is 19.1 Å². The Labute approximate surface area is 95.4 Å². The largest absolute Gasteiger partial charge is 0.494 e. The quantitative estimate of drug-likeness (QED) is 0.546. The third-order valence-electron chi connectivity index (χ3n) is 2.58. The molecule has 0 radical (unpaired) electrons.